The number of nitrogens with zero attached hydrogens (tertiary/aromatic N) is 3. The van der Waals surface area contributed by atoms with E-state index in [-0.39, 0.29) is 23.8 Å². The van der Waals surface area contributed by atoms with Gasteiger partial charge in [-0.05, 0) is 37.5 Å². The molecule has 1 aromatic rings. The van der Waals surface area contributed by atoms with Gasteiger partial charge < -0.3 is 19.4 Å². The normalized spacial score (nSPS) is 26.1. The van der Waals surface area contributed by atoms with Gasteiger partial charge in [-0.2, -0.15) is 0 Å². The van der Waals surface area contributed by atoms with Crippen LogP contribution in [0.15, 0.2) is 24.3 Å². The van der Waals surface area contributed by atoms with Crippen LogP contribution >= 0.6 is 0 Å². The van der Waals surface area contributed by atoms with Crippen LogP contribution in [0.5, 0.6) is 0 Å². The first-order valence-corrected chi connectivity index (χ1v) is 10.1. The molecule has 0 aromatic heterocycles. The number of ether oxygens (including phenoxy) is 1. The summed E-state index contributed by atoms with van der Waals surface area (Å²) in [5, 5.41) is 0. The molecule has 3 aliphatic heterocycles. The van der Waals surface area contributed by atoms with Crippen molar-refractivity contribution in [1.82, 2.24) is 9.80 Å². The van der Waals surface area contributed by atoms with Crippen molar-refractivity contribution in [2.75, 3.05) is 50.8 Å². The van der Waals surface area contributed by atoms with Crippen LogP contribution in [0.1, 0.15) is 24.8 Å². The largest absolute Gasteiger partial charge is 0.376 e. The number of rotatable bonds is 4. The summed E-state index contributed by atoms with van der Waals surface area (Å²) in [5.74, 6) is 0.0498. The van der Waals surface area contributed by atoms with Gasteiger partial charge in [0.25, 0.3) is 0 Å². The van der Waals surface area contributed by atoms with Crippen molar-refractivity contribution < 1.29 is 14.3 Å². The molecule has 6 nitrogen and oxygen atoms in total. The lowest BCUT2D eigenvalue weighted by molar-refractivity contribution is -0.136. The van der Waals surface area contributed by atoms with E-state index in [9.17, 15) is 9.59 Å². The molecule has 3 saturated heterocycles. The molecule has 146 valence electrons. The van der Waals surface area contributed by atoms with Crippen LogP contribution in [0.2, 0.25) is 0 Å². The maximum Gasteiger partial charge on any atom is 0.228 e. The fraction of sp³-hybridized carbons (Fsp3) is 0.619. The number of anilines is 1. The Morgan fingerprint density at radius 3 is 2.74 bits per heavy atom. The van der Waals surface area contributed by atoms with Crippen molar-refractivity contribution in [2.45, 2.75) is 32.3 Å². The lowest BCUT2D eigenvalue weighted by atomic mass is 10.1. The van der Waals surface area contributed by atoms with Crippen molar-refractivity contribution in [3.05, 3.63) is 29.8 Å². The highest BCUT2D eigenvalue weighted by molar-refractivity contribution is 5.89. The molecule has 27 heavy (non-hydrogen) atoms. The summed E-state index contributed by atoms with van der Waals surface area (Å²) in [6.07, 6.45) is 2.59. The summed E-state index contributed by atoms with van der Waals surface area (Å²) >= 11 is 0. The van der Waals surface area contributed by atoms with E-state index in [1.165, 1.54) is 11.3 Å². The maximum atomic E-state index is 12.9. The van der Waals surface area contributed by atoms with Crippen LogP contribution in [0, 0.1) is 12.8 Å². The van der Waals surface area contributed by atoms with Gasteiger partial charge >= 0.3 is 0 Å². The third-order valence-electron chi connectivity index (χ3n) is 5.97. The van der Waals surface area contributed by atoms with Gasteiger partial charge in [0.15, 0.2) is 0 Å². The number of hydrogen-bond acceptors (Lipinski definition) is 4. The predicted molar refractivity (Wildman–Crippen MR) is 104 cm³/mol. The Balaban J connectivity index is 1.29. The molecule has 0 N–H and O–H groups in total. The molecule has 4 rings (SSSR count). The number of amides is 2. The minimum Gasteiger partial charge on any atom is -0.376 e. The molecule has 3 heterocycles. The molecule has 0 radical (unpaired) electrons. The van der Waals surface area contributed by atoms with E-state index in [2.05, 4.69) is 36.1 Å². The summed E-state index contributed by atoms with van der Waals surface area (Å²) in [5.41, 5.74) is 2.47. The average Bonchev–Trinajstić information content (AvgIpc) is 3.32. The van der Waals surface area contributed by atoms with E-state index in [1.54, 1.807) is 0 Å². The lowest BCUT2D eigenvalue weighted by Gasteiger charge is -2.37. The standard InChI is InChI=1S/C21H29N3O3/c1-16-4-2-5-18(12-16)22-7-9-23(10-8-22)21(26)17-13-20(25)24(14-17)15-19-6-3-11-27-19/h2,4-5,12,17,19H,3,6-11,13-15H2,1H3. The molecule has 0 saturated carbocycles. The molecular formula is C21H29N3O3. The van der Waals surface area contributed by atoms with Crippen molar-refractivity contribution in [1.29, 1.82) is 0 Å². The Morgan fingerprint density at radius 1 is 1.22 bits per heavy atom. The number of likely N-dealkylation sites (tertiary alicyclic amines) is 1. The zero-order chi connectivity index (χ0) is 18.8. The van der Waals surface area contributed by atoms with Gasteiger partial charge in [-0.1, -0.05) is 12.1 Å². The van der Waals surface area contributed by atoms with Crippen molar-refractivity contribution in [3.8, 4) is 0 Å². The molecule has 3 fully saturated rings. The average molecular weight is 371 g/mol. The highest BCUT2D eigenvalue weighted by atomic mass is 16.5. The molecule has 2 atom stereocenters. The topological polar surface area (TPSA) is 53.1 Å². The number of hydrogen-bond donors (Lipinski definition) is 0. The van der Waals surface area contributed by atoms with Crippen LogP contribution in [0.4, 0.5) is 5.69 Å². The van der Waals surface area contributed by atoms with E-state index in [4.69, 9.17) is 4.74 Å². The first kappa shape index (κ1) is 18.3. The summed E-state index contributed by atoms with van der Waals surface area (Å²) < 4.78 is 5.64. The second-order valence-electron chi connectivity index (χ2n) is 7.99. The number of aryl methyl sites for hydroxylation is 1. The van der Waals surface area contributed by atoms with Gasteiger partial charge in [-0.3, -0.25) is 9.59 Å². The molecule has 6 heteroatoms. The monoisotopic (exact) mass is 371 g/mol. The second-order valence-corrected chi connectivity index (χ2v) is 7.99. The van der Waals surface area contributed by atoms with Crippen LogP contribution in [-0.4, -0.2) is 73.6 Å². The van der Waals surface area contributed by atoms with Gasteiger partial charge in [-0.25, -0.2) is 0 Å². The van der Waals surface area contributed by atoms with Gasteiger partial charge in [0.05, 0.1) is 12.0 Å². The third-order valence-corrected chi connectivity index (χ3v) is 5.97. The van der Waals surface area contributed by atoms with Crippen molar-refractivity contribution in [2.24, 2.45) is 5.92 Å². The maximum absolute atomic E-state index is 12.9. The third kappa shape index (κ3) is 4.10. The molecule has 0 bridgehead atoms. The van der Waals surface area contributed by atoms with Crippen molar-refractivity contribution in [3.63, 3.8) is 0 Å². The van der Waals surface area contributed by atoms with E-state index in [0.29, 0.717) is 19.5 Å². The highest BCUT2D eigenvalue weighted by Gasteiger charge is 2.38. The van der Waals surface area contributed by atoms with Crippen LogP contribution < -0.4 is 4.90 Å². The predicted octanol–water partition coefficient (Wildman–Crippen LogP) is 1.67. The fourth-order valence-corrected chi connectivity index (χ4v) is 4.42. The molecule has 2 amide bonds. The SMILES string of the molecule is Cc1cccc(N2CCN(C(=O)C3CC(=O)N(CC4CCCO4)C3)CC2)c1. The minimum atomic E-state index is -0.190. The molecule has 2 unspecified atom stereocenters. The van der Waals surface area contributed by atoms with E-state index < -0.39 is 0 Å². The molecule has 3 aliphatic rings. The Morgan fingerprint density at radius 2 is 2.04 bits per heavy atom. The van der Waals surface area contributed by atoms with E-state index in [0.717, 1.165) is 45.6 Å². The Kier molecular flexibility index (Phi) is 5.34. The van der Waals surface area contributed by atoms with Crippen LogP contribution in [0.25, 0.3) is 0 Å². The lowest BCUT2D eigenvalue weighted by Crippen LogP contribution is -2.50. The van der Waals surface area contributed by atoms with Gasteiger partial charge in [0.1, 0.15) is 0 Å². The fourth-order valence-electron chi connectivity index (χ4n) is 4.42. The highest BCUT2D eigenvalue weighted by Crippen LogP contribution is 2.24. The summed E-state index contributed by atoms with van der Waals surface area (Å²) in [4.78, 5) is 31.4. The number of piperazine rings is 1. The van der Waals surface area contributed by atoms with E-state index >= 15 is 0 Å². The zero-order valence-corrected chi connectivity index (χ0v) is 16.1. The van der Waals surface area contributed by atoms with Crippen LogP contribution in [-0.2, 0) is 14.3 Å². The Hall–Kier alpha value is -2.08. The number of carbonyl (C=O) groups excluding carboxylic acids is 2. The van der Waals surface area contributed by atoms with Crippen LogP contribution in [0.3, 0.4) is 0 Å². The van der Waals surface area contributed by atoms with Gasteiger partial charge in [0.2, 0.25) is 11.8 Å². The summed E-state index contributed by atoms with van der Waals surface area (Å²) in [6.45, 7) is 7.22. The van der Waals surface area contributed by atoms with E-state index in [1.807, 2.05) is 9.80 Å². The van der Waals surface area contributed by atoms with Gasteiger partial charge in [-0.15, -0.1) is 0 Å². The number of benzene rings is 1. The summed E-state index contributed by atoms with van der Waals surface area (Å²) in [6, 6.07) is 8.50. The smallest absolute Gasteiger partial charge is 0.228 e. The Bertz CT molecular complexity index is 694. The molecular weight excluding hydrogens is 342 g/mol. The summed E-state index contributed by atoms with van der Waals surface area (Å²) in [7, 11) is 0. The minimum absolute atomic E-state index is 0.0993. The first-order chi connectivity index (χ1) is 13.1. The number of carbonyl (C=O) groups is 2. The molecule has 0 spiro atoms. The first-order valence-electron chi connectivity index (χ1n) is 10.1. The zero-order valence-electron chi connectivity index (χ0n) is 16.1. The Labute approximate surface area is 161 Å². The second kappa shape index (κ2) is 7.89. The molecule has 1 aromatic carbocycles. The van der Waals surface area contributed by atoms with Gasteiger partial charge in [0, 0.05) is 58.0 Å². The van der Waals surface area contributed by atoms with Crippen molar-refractivity contribution >= 4 is 17.5 Å². The quantitative estimate of drug-likeness (QED) is 0.808. The molecule has 0 aliphatic carbocycles.